The Balaban J connectivity index is 1.36. The highest BCUT2D eigenvalue weighted by molar-refractivity contribution is 6.05. The number of nitrogens with zero attached hydrogens (tertiary/aromatic N) is 6. The Morgan fingerprint density at radius 2 is 1.66 bits per heavy atom. The molecule has 1 fully saturated rings. The Morgan fingerprint density at radius 3 is 2.38 bits per heavy atom. The van der Waals surface area contributed by atoms with Gasteiger partial charge in [-0.05, 0) is 29.8 Å². The highest BCUT2D eigenvalue weighted by atomic mass is 16.5. The van der Waals surface area contributed by atoms with Crippen molar-refractivity contribution in [2.75, 3.05) is 38.2 Å². The fourth-order valence-electron chi connectivity index (χ4n) is 4.02. The van der Waals surface area contributed by atoms with Gasteiger partial charge in [-0.3, -0.25) is 9.48 Å². The minimum Gasteiger partial charge on any atom is -0.497 e. The number of amides is 1. The van der Waals surface area contributed by atoms with E-state index in [0.717, 1.165) is 22.2 Å². The molecule has 32 heavy (non-hydrogen) atoms. The summed E-state index contributed by atoms with van der Waals surface area (Å²) < 4.78 is 7.15. The van der Waals surface area contributed by atoms with Gasteiger partial charge in [0.25, 0.3) is 5.91 Å². The van der Waals surface area contributed by atoms with Gasteiger partial charge in [-0.15, -0.1) is 0 Å². The summed E-state index contributed by atoms with van der Waals surface area (Å²) in [6.45, 7) is 3.19. The second kappa shape index (κ2) is 8.66. The van der Waals surface area contributed by atoms with E-state index in [0.29, 0.717) is 44.4 Å². The number of benzene rings is 2. The maximum Gasteiger partial charge on any atom is 0.275 e. The Hall–Kier alpha value is -3.94. The smallest absolute Gasteiger partial charge is 0.275 e. The molecule has 2 aromatic carbocycles. The molecule has 2 aromatic heterocycles. The molecule has 0 bridgehead atoms. The predicted molar refractivity (Wildman–Crippen MR) is 122 cm³/mol. The summed E-state index contributed by atoms with van der Waals surface area (Å²) in [6, 6.07) is 17.6. The Kier molecular flexibility index (Phi) is 5.41. The number of methoxy groups -OCH3 is 1. The summed E-state index contributed by atoms with van der Waals surface area (Å²) in [6.07, 6.45) is 3.48. The predicted octanol–water partition coefficient (Wildman–Crippen LogP) is 2.85. The van der Waals surface area contributed by atoms with Crippen molar-refractivity contribution in [1.29, 1.82) is 0 Å². The molecule has 0 saturated carbocycles. The lowest BCUT2D eigenvalue weighted by atomic mass is 10.1. The van der Waals surface area contributed by atoms with Crippen LogP contribution in [0.5, 0.6) is 5.75 Å². The van der Waals surface area contributed by atoms with Crippen LogP contribution < -0.4 is 9.64 Å². The van der Waals surface area contributed by atoms with Crippen LogP contribution in [0.3, 0.4) is 0 Å². The van der Waals surface area contributed by atoms with Gasteiger partial charge in [0.1, 0.15) is 5.75 Å². The number of anilines is 1. The van der Waals surface area contributed by atoms with E-state index in [9.17, 15) is 4.79 Å². The van der Waals surface area contributed by atoms with Gasteiger partial charge < -0.3 is 14.5 Å². The van der Waals surface area contributed by atoms with Crippen LogP contribution in [0.4, 0.5) is 5.95 Å². The van der Waals surface area contributed by atoms with Crippen molar-refractivity contribution < 1.29 is 9.53 Å². The lowest BCUT2D eigenvalue weighted by molar-refractivity contribution is 0.0741. The molecule has 8 nitrogen and oxygen atoms in total. The zero-order chi connectivity index (χ0) is 21.9. The lowest BCUT2D eigenvalue weighted by Crippen LogP contribution is -2.49. The lowest BCUT2D eigenvalue weighted by Gasteiger charge is -2.34. The third kappa shape index (κ3) is 3.87. The summed E-state index contributed by atoms with van der Waals surface area (Å²) in [5, 5.41) is 5.61. The summed E-state index contributed by atoms with van der Waals surface area (Å²) in [4.78, 5) is 26.0. The molecule has 162 valence electrons. The average Bonchev–Trinajstić information content (AvgIpc) is 3.23. The van der Waals surface area contributed by atoms with Crippen LogP contribution >= 0.6 is 0 Å². The van der Waals surface area contributed by atoms with E-state index < -0.39 is 0 Å². The topological polar surface area (TPSA) is 76.4 Å². The van der Waals surface area contributed by atoms with Crippen LogP contribution in [-0.4, -0.2) is 63.8 Å². The van der Waals surface area contributed by atoms with Gasteiger partial charge in [-0.2, -0.15) is 5.10 Å². The van der Waals surface area contributed by atoms with Gasteiger partial charge in [-0.25, -0.2) is 9.97 Å². The molecule has 8 heteroatoms. The average molecular weight is 428 g/mol. The summed E-state index contributed by atoms with van der Waals surface area (Å²) in [5.41, 5.74) is 2.54. The molecule has 1 amide bonds. The molecule has 0 aliphatic carbocycles. The van der Waals surface area contributed by atoms with Crippen LogP contribution in [0.2, 0.25) is 0 Å². The van der Waals surface area contributed by atoms with Crippen molar-refractivity contribution in [1.82, 2.24) is 24.6 Å². The molecule has 0 spiro atoms. The zero-order valence-corrected chi connectivity index (χ0v) is 17.9. The van der Waals surface area contributed by atoms with Crippen LogP contribution in [0.1, 0.15) is 16.1 Å². The third-order valence-electron chi connectivity index (χ3n) is 5.75. The Labute approximate surface area is 186 Å². The first-order valence-corrected chi connectivity index (χ1v) is 10.6. The molecule has 5 rings (SSSR count). The van der Waals surface area contributed by atoms with Gasteiger partial charge >= 0.3 is 0 Å². The number of fused-ring (bicyclic) bond motifs is 1. The van der Waals surface area contributed by atoms with E-state index in [1.54, 1.807) is 25.6 Å². The maximum absolute atomic E-state index is 13.4. The number of aromatic nitrogens is 4. The van der Waals surface area contributed by atoms with E-state index in [-0.39, 0.29) is 5.91 Å². The second-order valence-corrected chi connectivity index (χ2v) is 7.70. The zero-order valence-electron chi connectivity index (χ0n) is 17.9. The van der Waals surface area contributed by atoms with Crippen LogP contribution in [-0.2, 0) is 6.54 Å². The van der Waals surface area contributed by atoms with E-state index in [4.69, 9.17) is 9.84 Å². The van der Waals surface area contributed by atoms with Crippen LogP contribution in [0.25, 0.3) is 10.9 Å². The molecule has 1 saturated heterocycles. The Morgan fingerprint density at radius 1 is 0.938 bits per heavy atom. The van der Waals surface area contributed by atoms with Crippen molar-refractivity contribution in [2.45, 2.75) is 6.54 Å². The van der Waals surface area contributed by atoms with E-state index in [1.165, 1.54) is 0 Å². The molecule has 4 aromatic rings. The highest BCUT2D eigenvalue weighted by Crippen LogP contribution is 2.22. The summed E-state index contributed by atoms with van der Waals surface area (Å²) in [5.74, 6) is 1.48. The fourth-order valence-corrected chi connectivity index (χ4v) is 4.02. The van der Waals surface area contributed by atoms with E-state index in [2.05, 4.69) is 14.9 Å². The second-order valence-electron chi connectivity index (χ2n) is 7.70. The van der Waals surface area contributed by atoms with Crippen molar-refractivity contribution in [2.24, 2.45) is 0 Å². The highest BCUT2D eigenvalue weighted by Gasteiger charge is 2.27. The van der Waals surface area contributed by atoms with Gasteiger partial charge in [0.15, 0.2) is 5.69 Å². The molecule has 0 atom stereocenters. The minimum absolute atomic E-state index is 0.0386. The number of ether oxygens (including phenoxy) is 1. The van der Waals surface area contributed by atoms with Gasteiger partial charge in [0.2, 0.25) is 5.95 Å². The molecular weight excluding hydrogens is 404 g/mol. The van der Waals surface area contributed by atoms with E-state index in [1.807, 2.05) is 58.1 Å². The first kappa shape index (κ1) is 20.0. The van der Waals surface area contributed by atoms with Crippen LogP contribution in [0, 0.1) is 0 Å². The first-order valence-electron chi connectivity index (χ1n) is 10.6. The number of para-hydroxylation sites is 1. The summed E-state index contributed by atoms with van der Waals surface area (Å²) >= 11 is 0. The molecular formula is C24H24N6O2. The van der Waals surface area contributed by atoms with Crippen molar-refractivity contribution in [3.8, 4) is 5.75 Å². The van der Waals surface area contributed by atoms with Crippen molar-refractivity contribution >= 4 is 22.8 Å². The SMILES string of the molecule is COc1ccc(Cn2nc(C(=O)N3CCN(c4ncccn4)CC3)c3ccccc32)cc1. The van der Waals surface area contributed by atoms with Crippen molar-refractivity contribution in [3.05, 3.63) is 78.2 Å². The van der Waals surface area contributed by atoms with E-state index >= 15 is 0 Å². The maximum atomic E-state index is 13.4. The number of hydrogen-bond donors (Lipinski definition) is 0. The standard InChI is InChI=1S/C24H24N6O2/c1-32-19-9-7-18(8-10-19)17-30-21-6-3-2-5-20(21)22(27-30)23(31)28-13-15-29(16-14-28)24-25-11-4-12-26-24/h2-12H,13-17H2,1H3. The van der Waals surface area contributed by atoms with Gasteiger partial charge in [0.05, 0.1) is 19.2 Å². The number of piperazine rings is 1. The third-order valence-corrected chi connectivity index (χ3v) is 5.75. The normalized spacial score (nSPS) is 14.0. The molecule has 1 aliphatic rings. The number of carbonyl (C=O) groups excluding carboxylic acids is 1. The van der Waals surface area contributed by atoms with Gasteiger partial charge in [0, 0.05) is 44.0 Å². The quantitative estimate of drug-likeness (QED) is 0.487. The minimum atomic E-state index is -0.0386. The molecule has 1 aliphatic heterocycles. The largest absolute Gasteiger partial charge is 0.497 e. The number of carbonyl (C=O) groups is 1. The molecule has 3 heterocycles. The molecule has 0 radical (unpaired) electrons. The number of rotatable bonds is 5. The number of hydrogen-bond acceptors (Lipinski definition) is 6. The molecule has 0 unspecified atom stereocenters. The fraction of sp³-hybridized carbons (Fsp3) is 0.250. The molecule has 0 N–H and O–H groups in total. The van der Waals surface area contributed by atoms with Crippen LogP contribution in [0.15, 0.2) is 67.0 Å². The van der Waals surface area contributed by atoms with Crippen molar-refractivity contribution in [3.63, 3.8) is 0 Å². The first-order chi connectivity index (χ1) is 15.7. The van der Waals surface area contributed by atoms with Gasteiger partial charge in [-0.1, -0.05) is 30.3 Å². The Bertz CT molecular complexity index is 1210. The summed E-state index contributed by atoms with van der Waals surface area (Å²) in [7, 11) is 1.65. The monoisotopic (exact) mass is 428 g/mol.